The van der Waals surface area contributed by atoms with Gasteiger partial charge in [-0.15, -0.1) is 0 Å². The number of nitrogens with one attached hydrogen (secondary N) is 1. The number of hydrogen-bond donors (Lipinski definition) is 1. The Morgan fingerprint density at radius 1 is 1.36 bits per heavy atom. The van der Waals surface area contributed by atoms with Gasteiger partial charge in [0.1, 0.15) is 4.66 Å². The molecule has 0 atom stereocenters. The van der Waals surface area contributed by atoms with Crippen LogP contribution >= 0.6 is 15.9 Å². The van der Waals surface area contributed by atoms with Gasteiger partial charge in [0, 0.05) is 6.54 Å². The minimum atomic E-state index is -3.09. The third kappa shape index (κ3) is 6.77. The van der Waals surface area contributed by atoms with E-state index in [-0.39, 0.29) is 10.1 Å². The molecule has 0 bridgehead atoms. The predicted molar refractivity (Wildman–Crippen MR) is 50.2 cm³/mol. The van der Waals surface area contributed by atoms with Crippen LogP contribution in [0.5, 0.6) is 0 Å². The average Bonchev–Trinajstić information content (AvgIpc) is 1.83. The quantitative estimate of drug-likeness (QED) is 0.761. The first-order valence-electron chi connectivity index (χ1n) is 3.30. The van der Waals surface area contributed by atoms with Crippen LogP contribution < -0.4 is 4.72 Å². The average molecular weight is 244 g/mol. The minimum absolute atomic E-state index is 0.00472. The monoisotopic (exact) mass is 243 g/mol. The van der Waals surface area contributed by atoms with Gasteiger partial charge in [-0.2, -0.15) is 0 Å². The Hall–Kier alpha value is 0.390. The predicted octanol–water partition coefficient (Wildman–Crippen LogP) is 1.30. The van der Waals surface area contributed by atoms with Crippen molar-refractivity contribution in [2.24, 2.45) is 5.41 Å². The van der Waals surface area contributed by atoms with E-state index < -0.39 is 10.0 Å². The molecule has 0 spiro atoms. The maximum Gasteiger partial charge on any atom is 0.221 e. The molecule has 1 N–H and O–H groups in total. The van der Waals surface area contributed by atoms with Crippen molar-refractivity contribution in [1.82, 2.24) is 4.72 Å². The van der Waals surface area contributed by atoms with Crippen LogP contribution in [0.4, 0.5) is 0 Å². The van der Waals surface area contributed by atoms with Gasteiger partial charge in [-0.05, 0) is 5.41 Å². The summed E-state index contributed by atoms with van der Waals surface area (Å²) in [6, 6.07) is 0. The molecule has 0 saturated heterocycles. The second-order valence-corrected chi connectivity index (χ2v) is 6.72. The molecule has 0 aromatic rings. The topological polar surface area (TPSA) is 46.2 Å². The molecular weight excluding hydrogens is 230 g/mol. The van der Waals surface area contributed by atoms with Crippen LogP contribution in [-0.4, -0.2) is 19.6 Å². The lowest BCUT2D eigenvalue weighted by atomic mass is 9.98. The van der Waals surface area contributed by atoms with Crippen LogP contribution in [0.25, 0.3) is 0 Å². The summed E-state index contributed by atoms with van der Waals surface area (Å²) in [7, 11) is -3.09. The highest BCUT2D eigenvalue weighted by molar-refractivity contribution is 9.10. The third-order valence-corrected chi connectivity index (χ3v) is 3.65. The maximum atomic E-state index is 10.9. The lowest BCUT2D eigenvalue weighted by Crippen LogP contribution is -2.32. The van der Waals surface area contributed by atoms with Crippen molar-refractivity contribution in [1.29, 1.82) is 0 Å². The van der Waals surface area contributed by atoms with E-state index in [0.717, 1.165) is 0 Å². The molecule has 0 aliphatic carbocycles. The second-order valence-electron chi connectivity index (χ2n) is 3.61. The summed E-state index contributed by atoms with van der Waals surface area (Å²) in [5.41, 5.74) is -0.00472. The van der Waals surface area contributed by atoms with E-state index in [1.807, 2.05) is 20.8 Å². The second kappa shape index (κ2) is 3.87. The largest absolute Gasteiger partial charge is 0.221 e. The van der Waals surface area contributed by atoms with Gasteiger partial charge in [0.2, 0.25) is 10.0 Å². The van der Waals surface area contributed by atoms with Gasteiger partial charge >= 0.3 is 0 Å². The summed E-state index contributed by atoms with van der Waals surface area (Å²) >= 11 is 2.89. The van der Waals surface area contributed by atoms with Crippen molar-refractivity contribution in [3.05, 3.63) is 0 Å². The van der Waals surface area contributed by atoms with Crippen LogP contribution in [-0.2, 0) is 10.0 Å². The molecule has 0 rings (SSSR count). The van der Waals surface area contributed by atoms with E-state index in [4.69, 9.17) is 0 Å². The van der Waals surface area contributed by atoms with Gasteiger partial charge in [0.25, 0.3) is 0 Å². The molecule has 0 aliphatic heterocycles. The van der Waals surface area contributed by atoms with Crippen molar-refractivity contribution in [2.45, 2.75) is 20.8 Å². The lowest BCUT2D eigenvalue weighted by molar-refractivity contribution is 0.408. The number of hydrogen-bond acceptors (Lipinski definition) is 2. The van der Waals surface area contributed by atoms with Gasteiger partial charge in [0.05, 0.1) is 0 Å². The van der Waals surface area contributed by atoms with Crippen molar-refractivity contribution in [2.75, 3.05) is 11.2 Å². The molecule has 68 valence electrons. The summed E-state index contributed by atoms with van der Waals surface area (Å²) in [4.78, 5) is 0. The highest BCUT2D eigenvalue weighted by Crippen LogP contribution is 2.11. The Labute approximate surface area is 76.7 Å². The zero-order valence-corrected chi connectivity index (χ0v) is 9.42. The maximum absolute atomic E-state index is 10.9. The highest BCUT2D eigenvalue weighted by Gasteiger charge is 2.14. The van der Waals surface area contributed by atoms with Crippen molar-refractivity contribution >= 4 is 26.0 Å². The summed E-state index contributed by atoms with van der Waals surface area (Å²) in [6.45, 7) is 6.40. The normalized spacial score (nSPS) is 13.5. The zero-order chi connectivity index (χ0) is 9.12. The smallest absolute Gasteiger partial charge is 0.214 e. The minimum Gasteiger partial charge on any atom is -0.214 e. The van der Waals surface area contributed by atoms with Crippen molar-refractivity contribution in [3.63, 3.8) is 0 Å². The van der Waals surface area contributed by atoms with E-state index in [0.29, 0.717) is 6.54 Å². The van der Waals surface area contributed by atoms with Gasteiger partial charge in [-0.3, -0.25) is 0 Å². The fourth-order valence-corrected chi connectivity index (χ4v) is 1.58. The number of alkyl halides is 1. The first kappa shape index (κ1) is 11.4. The number of halogens is 1. The van der Waals surface area contributed by atoms with Crippen LogP contribution in [0.1, 0.15) is 20.8 Å². The summed E-state index contributed by atoms with van der Waals surface area (Å²) in [5.74, 6) is 0. The molecule has 11 heavy (non-hydrogen) atoms. The molecule has 0 aromatic carbocycles. The molecule has 5 heteroatoms. The van der Waals surface area contributed by atoms with E-state index >= 15 is 0 Å². The van der Waals surface area contributed by atoms with E-state index in [9.17, 15) is 8.42 Å². The molecule has 0 radical (unpaired) electrons. The van der Waals surface area contributed by atoms with Crippen LogP contribution in [0.15, 0.2) is 0 Å². The number of sulfonamides is 1. The lowest BCUT2D eigenvalue weighted by Gasteiger charge is -2.17. The zero-order valence-electron chi connectivity index (χ0n) is 7.02. The Morgan fingerprint density at radius 2 is 1.82 bits per heavy atom. The van der Waals surface area contributed by atoms with E-state index in [2.05, 4.69) is 20.7 Å². The number of rotatable bonds is 3. The van der Waals surface area contributed by atoms with Crippen molar-refractivity contribution < 1.29 is 8.42 Å². The third-order valence-electron chi connectivity index (χ3n) is 0.966. The van der Waals surface area contributed by atoms with Gasteiger partial charge in [-0.1, -0.05) is 36.7 Å². The molecule has 0 unspecified atom stereocenters. The van der Waals surface area contributed by atoms with Crippen LogP contribution in [0.2, 0.25) is 0 Å². The fourth-order valence-electron chi connectivity index (χ4n) is 0.365. The molecule has 0 aliphatic rings. The molecule has 0 amide bonds. The molecule has 3 nitrogen and oxygen atoms in total. The van der Waals surface area contributed by atoms with Gasteiger partial charge in [-0.25, -0.2) is 13.1 Å². The molecule has 0 saturated carbocycles. The molecule has 0 heterocycles. The summed E-state index contributed by atoms with van der Waals surface area (Å²) in [6.07, 6.45) is 0. The first-order chi connectivity index (χ1) is 4.77. The summed E-state index contributed by atoms with van der Waals surface area (Å²) in [5, 5.41) is 0. The van der Waals surface area contributed by atoms with Crippen LogP contribution in [0, 0.1) is 5.41 Å². The van der Waals surface area contributed by atoms with Gasteiger partial charge in [0.15, 0.2) is 0 Å². The standard InChI is InChI=1S/C6H14BrNO2S/c1-6(2,3)4-8-11(9,10)5-7/h8H,4-5H2,1-3H3. The highest BCUT2D eigenvalue weighted by atomic mass is 79.9. The molecule has 0 fully saturated rings. The van der Waals surface area contributed by atoms with Crippen molar-refractivity contribution in [3.8, 4) is 0 Å². The Morgan fingerprint density at radius 3 is 2.09 bits per heavy atom. The van der Waals surface area contributed by atoms with Gasteiger partial charge < -0.3 is 0 Å². The molecule has 0 aromatic heterocycles. The summed E-state index contributed by atoms with van der Waals surface area (Å²) < 4.78 is 24.2. The molecular formula is C6H14BrNO2S. The van der Waals surface area contributed by atoms with Crippen LogP contribution in [0.3, 0.4) is 0 Å². The van der Waals surface area contributed by atoms with E-state index in [1.165, 1.54) is 0 Å². The fraction of sp³-hybridized carbons (Fsp3) is 1.00. The van der Waals surface area contributed by atoms with E-state index in [1.54, 1.807) is 0 Å². The Kier molecular flexibility index (Phi) is 4.00. The SMILES string of the molecule is CC(C)(C)CNS(=O)(=O)CBr. The Balaban J connectivity index is 3.91. The Bertz CT molecular complexity index is 205. The first-order valence-corrected chi connectivity index (χ1v) is 6.07.